The number of aromatic nitrogens is 2. The Bertz CT molecular complexity index is 1210. The maximum atomic E-state index is 13.1. The maximum Gasteiger partial charge on any atom is 0.233 e. The lowest BCUT2D eigenvalue weighted by Crippen LogP contribution is -2.44. The summed E-state index contributed by atoms with van der Waals surface area (Å²) >= 11 is 1.36. The Labute approximate surface area is 193 Å². The van der Waals surface area contributed by atoms with Gasteiger partial charge in [-0.05, 0) is 12.3 Å². The molecule has 1 fully saturated rings. The molecule has 0 aliphatic carbocycles. The molecule has 2 aromatic carbocycles. The molecule has 0 N–H and O–H groups in total. The minimum Gasteiger partial charge on any atom is -0.338 e. The van der Waals surface area contributed by atoms with E-state index in [0.717, 1.165) is 22.0 Å². The van der Waals surface area contributed by atoms with E-state index in [-0.39, 0.29) is 35.1 Å². The largest absolute Gasteiger partial charge is 0.338 e. The molecule has 1 aliphatic rings. The van der Waals surface area contributed by atoms with Gasteiger partial charge in [0.15, 0.2) is 9.84 Å². The number of rotatable bonds is 7. The molecule has 2 heterocycles. The van der Waals surface area contributed by atoms with Gasteiger partial charge in [-0.3, -0.25) is 4.79 Å². The fourth-order valence-corrected chi connectivity index (χ4v) is 6.67. The Morgan fingerprint density at radius 2 is 1.75 bits per heavy atom. The van der Waals surface area contributed by atoms with Crippen molar-refractivity contribution in [2.24, 2.45) is 5.92 Å². The van der Waals surface area contributed by atoms with Crippen molar-refractivity contribution in [1.29, 1.82) is 0 Å². The molecule has 1 atom stereocenters. The van der Waals surface area contributed by atoms with E-state index in [1.54, 1.807) is 4.90 Å². The molecule has 32 heavy (non-hydrogen) atoms. The molecule has 1 amide bonds. The summed E-state index contributed by atoms with van der Waals surface area (Å²) in [4.78, 5) is 14.9. The first-order chi connectivity index (χ1) is 15.3. The lowest BCUT2D eigenvalue weighted by molar-refractivity contribution is -0.130. The molecule has 0 spiro atoms. The molecule has 6 nitrogen and oxygen atoms in total. The summed E-state index contributed by atoms with van der Waals surface area (Å²) in [5.41, 5.74) is 1.81. The van der Waals surface area contributed by atoms with E-state index in [4.69, 9.17) is 0 Å². The second-order valence-corrected chi connectivity index (χ2v) is 11.7. The third-order valence-electron chi connectivity index (χ3n) is 5.56. The van der Waals surface area contributed by atoms with Crippen LogP contribution in [0.25, 0.3) is 22.0 Å². The van der Waals surface area contributed by atoms with Gasteiger partial charge in [-0.15, -0.1) is 10.2 Å². The molecule has 3 aromatic rings. The Morgan fingerprint density at radius 1 is 1.06 bits per heavy atom. The van der Waals surface area contributed by atoms with Crippen LogP contribution in [0.3, 0.4) is 0 Å². The predicted octanol–water partition coefficient (Wildman–Crippen LogP) is 4.06. The molecule has 1 saturated heterocycles. The van der Waals surface area contributed by atoms with Crippen LogP contribution < -0.4 is 0 Å². The number of sulfone groups is 1. The van der Waals surface area contributed by atoms with E-state index in [2.05, 4.69) is 10.2 Å². The molecular formula is C24H27N3O3S2. The predicted molar refractivity (Wildman–Crippen MR) is 129 cm³/mol. The van der Waals surface area contributed by atoms with Crippen LogP contribution in [0.15, 0.2) is 59.6 Å². The van der Waals surface area contributed by atoms with Crippen LogP contribution >= 0.6 is 11.8 Å². The van der Waals surface area contributed by atoms with E-state index >= 15 is 0 Å². The highest BCUT2D eigenvalue weighted by atomic mass is 32.2. The summed E-state index contributed by atoms with van der Waals surface area (Å²) in [6.07, 6.45) is 0.514. The number of carbonyl (C=O) groups is 1. The van der Waals surface area contributed by atoms with Crippen molar-refractivity contribution in [3.63, 3.8) is 0 Å². The first-order valence-electron chi connectivity index (χ1n) is 10.8. The van der Waals surface area contributed by atoms with Crippen molar-refractivity contribution < 1.29 is 13.2 Å². The molecule has 1 aromatic heterocycles. The quantitative estimate of drug-likeness (QED) is 0.486. The minimum atomic E-state index is -3.06. The summed E-state index contributed by atoms with van der Waals surface area (Å²) in [5.74, 6) is 0.628. The second-order valence-electron chi connectivity index (χ2n) is 8.55. The van der Waals surface area contributed by atoms with Gasteiger partial charge in [-0.1, -0.05) is 80.2 Å². The Hall–Kier alpha value is -2.45. The van der Waals surface area contributed by atoms with E-state index in [0.29, 0.717) is 18.0 Å². The monoisotopic (exact) mass is 469 g/mol. The Morgan fingerprint density at radius 3 is 2.41 bits per heavy atom. The summed E-state index contributed by atoms with van der Waals surface area (Å²) in [5, 5.41) is 11.6. The first-order valence-corrected chi connectivity index (χ1v) is 13.6. The van der Waals surface area contributed by atoms with E-state index in [9.17, 15) is 13.2 Å². The number of hydrogen-bond donors (Lipinski definition) is 0. The van der Waals surface area contributed by atoms with E-state index in [1.807, 2.05) is 68.4 Å². The molecule has 4 rings (SSSR count). The van der Waals surface area contributed by atoms with Crippen LogP contribution in [-0.2, 0) is 14.6 Å². The number of benzene rings is 2. The number of fused-ring (bicyclic) bond motifs is 1. The van der Waals surface area contributed by atoms with Crippen molar-refractivity contribution in [3.05, 3.63) is 54.6 Å². The Balaban J connectivity index is 1.56. The lowest BCUT2D eigenvalue weighted by atomic mass is 10.1. The number of carbonyl (C=O) groups excluding carboxylic acids is 1. The van der Waals surface area contributed by atoms with Crippen LogP contribution in [-0.4, -0.2) is 59.3 Å². The summed E-state index contributed by atoms with van der Waals surface area (Å²) in [6, 6.07) is 17.6. The van der Waals surface area contributed by atoms with Gasteiger partial charge < -0.3 is 4.90 Å². The van der Waals surface area contributed by atoms with Crippen molar-refractivity contribution in [2.75, 3.05) is 23.8 Å². The Kier molecular flexibility index (Phi) is 6.81. The SMILES string of the molecule is CC(C)CN(C(=O)CSc1nnc(-c2ccccc2)c2ccccc12)[C@H]1CCS(=O)(=O)C1. The summed E-state index contributed by atoms with van der Waals surface area (Å²) in [6.45, 7) is 4.63. The smallest absolute Gasteiger partial charge is 0.233 e. The highest BCUT2D eigenvalue weighted by molar-refractivity contribution is 8.00. The van der Waals surface area contributed by atoms with Gasteiger partial charge in [-0.2, -0.15) is 0 Å². The van der Waals surface area contributed by atoms with Gasteiger partial charge in [0, 0.05) is 28.9 Å². The zero-order valence-electron chi connectivity index (χ0n) is 18.3. The minimum absolute atomic E-state index is 0.0520. The van der Waals surface area contributed by atoms with Crippen molar-refractivity contribution in [3.8, 4) is 11.3 Å². The average molecular weight is 470 g/mol. The second kappa shape index (κ2) is 9.58. The average Bonchev–Trinajstić information content (AvgIpc) is 3.15. The number of thioether (sulfide) groups is 1. The maximum absolute atomic E-state index is 13.1. The molecular weight excluding hydrogens is 442 g/mol. The van der Waals surface area contributed by atoms with Crippen LogP contribution in [0.2, 0.25) is 0 Å². The van der Waals surface area contributed by atoms with Crippen LogP contribution in [0.4, 0.5) is 0 Å². The van der Waals surface area contributed by atoms with Gasteiger partial charge >= 0.3 is 0 Å². The highest BCUT2D eigenvalue weighted by Crippen LogP contribution is 2.32. The highest BCUT2D eigenvalue weighted by Gasteiger charge is 2.34. The van der Waals surface area contributed by atoms with E-state index < -0.39 is 9.84 Å². The normalized spacial score (nSPS) is 17.7. The topological polar surface area (TPSA) is 80.2 Å². The van der Waals surface area contributed by atoms with Crippen molar-refractivity contribution in [1.82, 2.24) is 15.1 Å². The first kappa shape index (κ1) is 22.7. The molecule has 0 unspecified atom stereocenters. The van der Waals surface area contributed by atoms with Crippen LogP contribution in [0.5, 0.6) is 0 Å². The van der Waals surface area contributed by atoms with Gasteiger partial charge in [0.1, 0.15) is 10.7 Å². The standard InChI is InChI=1S/C24H27N3O3S2/c1-17(2)14-27(19-12-13-32(29,30)16-19)22(28)15-31-24-21-11-7-6-10-20(21)23(25-26-24)18-8-4-3-5-9-18/h3-11,17,19H,12-16H2,1-2H3/t19-/m0/s1. The number of amides is 1. The molecule has 0 bridgehead atoms. The number of nitrogens with zero attached hydrogens (tertiary/aromatic N) is 3. The summed E-state index contributed by atoms with van der Waals surface area (Å²) < 4.78 is 23.9. The summed E-state index contributed by atoms with van der Waals surface area (Å²) in [7, 11) is -3.06. The molecule has 8 heteroatoms. The zero-order valence-corrected chi connectivity index (χ0v) is 19.9. The molecule has 168 valence electrons. The zero-order chi connectivity index (χ0) is 22.7. The number of hydrogen-bond acceptors (Lipinski definition) is 6. The van der Waals surface area contributed by atoms with E-state index in [1.165, 1.54) is 11.8 Å². The van der Waals surface area contributed by atoms with Gasteiger partial charge in [0.2, 0.25) is 5.91 Å². The lowest BCUT2D eigenvalue weighted by Gasteiger charge is -2.30. The van der Waals surface area contributed by atoms with Crippen LogP contribution in [0.1, 0.15) is 20.3 Å². The van der Waals surface area contributed by atoms with Gasteiger partial charge in [-0.25, -0.2) is 8.42 Å². The molecule has 0 radical (unpaired) electrons. The molecule has 0 saturated carbocycles. The fourth-order valence-electron chi connectivity index (χ4n) is 4.08. The third kappa shape index (κ3) is 5.13. The van der Waals surface area contributed by atoms with Crippen LogP contribution in [0, 0.1) is 5.92 Å². The van der Waals surface area contributed by atoms with Crippen molar-refractivity contribution >= 4 is 38.3 Å². The van der Waals surface area contributed by atoms with Gasteiger partial charge in [0.05, 0.1) is 17.3 Å². The third-order valence-corrected chi connectivity index (χ3v) is 8.28. The fraction of sp³-hybridized carbons (Fsp3) is 0.375. The van der Waals surface area contributed by atoms with Gasteiger partial charge in [0.25, 0.3) is 0 Å². The molecule has 1 aliphatic heterocycles. The van der Waals surface area contributed by atoms with Crippen molar-refractivity contribution in [2.45, 2.75) is 31.3 Å².